The van der Waals surface area contributed by atoms with Gasteiger partial charge in [-0.3, -0.25) is 0 Å². The van der Waals surface area contributed by atoms with Gasteiger partial charge in [-0.1, -0.05) is 26.0 Å². The van der Waals surface area contributed by atoms with Crippen LogP contribution in [0.15, 0.2) is 53.5 Å². The van der Waals surface area contributed by atoms with Crippen LogP contribution in [-0.4, -0.2) is 55.8 Å². The molecule has 0 saturated carbocycles. The Morgan fingerprint density at radius 2 is 1.74 bits per heavy atom. The molecule has 1 saturated heterocycles. The van der Waals surface area contributed by atoms with Crippen molar-refractivity contribution in [2.45, 2.75) is 72.1 Å². The van der Waals surface area contributed by atoms with E-state index >= 15 is 0 Å². The third-order valence-electron chi connectivity index (χ3n) is 6.96. The predicted molar refractivity (Wildman–Crippen MR) is 152 cm³/mol. The van der Waals surface area contributed by atoms with Crippen LogP contribution in [-0.2, 0) is 16.1 Å². The molecule has 0 bridgehead atoms. The summed E-state index contributed by atoms with van der Waals surface area (Å²) in [6, 6.07) is 14.4. The van der Waals surface area contributed by atoms with E-state index in [9.17, 15) is 13.9 Å². The molecule has 0 radical (unpaired) electrons. The van der Waals surface area contributed by atoms with Crippen molar-refractivity contribution in [2.24, 2.45) is 16.8 Å². The zero-order chi connectivity index (χ0) is 27.5. The van der Waals surface area contributed by atoms with Crippen LogP contribution in [0.5, 0.6) is 5.75 Å². The number of hydrogen-bond donors (Lipinski definition) is 0. The molecule has 1 fully saturated rings. The summed E-state index contributed by atoms with van der Waals surface area (Å²) < 4.78 is 29.8. The summed E-state index contributed by atoms with van der Waals surface area (Å²) in [6.45, 7) is 11.3. The Bertz CT molecular complexity index is 1040. The van der Waals surface area contributed by atoms with E-state index < -0.39 is 6.04 Å². The SMILES string of the molecule is CC(C)CCN(c1ccc(OCc2ccc(F)cc2)cc1)C1CCN(C(=O)C(CC(C)C)N=CB=O)CC1. The Labute approximate surface area is 227 Å². The van der Waals surface area contributed by atoms with Crippen LogP contribution >= 0.6 is 0 Å². The minimum absolute atomic E-state index is 0.0200. The van der Waals surface area contributed by atoms with Crippen LogP contribution in [0.3, 0.4) is 0 Å². The van der Waals surface area contributed by atoms with Crippen molar-refractivity contribution < 1.29 is 18.6 Å². The molecule has 1 atom stereocenters. The van der Waals surface area contributed by atoms with Gasteiger partial charge in [0.15, 0.2) is 0 Å². The number of carbonyl (C=O) groups is 1. The van der Waals surface area contributed by atoms with E-state index in [1.165, 1.54) is 18.2 Å². The van der Waals surface area contributed by atoms with Crippen molar-refractivity contribution in [1.29, 1.82) is 0 Å². The molecule has 0 aromatic heterocycles. The van der Waals surface area contributed by atoms with Crippen LogP contribution < -0.4 is 9.64 Å². The molecule has 8 heteroatoms. The van der Waals surface area contributed by atoms with E-state index in [0.29, 0.717) is 51.1 Å². The number of amides is 1. The number of ether oxygens (including phenoxy) is 1. The van der Waals surface area contributed by atoms with Crippen LogP contribution in [0, 0.1) is 17.7 Å². The summed E-state index contributed by atoms with van der Waals surface area (Å²) in [5.74, 6) is 1.45. The molecule has 3 rings (SSSR count). The monoisotopic (exact) mass is 521 g/mol. The van der Waals surface area contributed by atoms with Crippen molar-refractivity contribution in [3.8, 4) is 5.75 Å². The molecular weight excluding hydrogens is 480 g/mol. The Hall–Kier alpha value is -3.03. The van der Waals surface area contributed by atoms with Crippen LogP contribution in [0.4, 0.5) is 10.1 Å². The Morgan fingerprint density at radius 1 is 1.08 bits per heavy atom. The summed E-state index contributed by atoms with van der Waals surface area (Å²) >= 11 is 0. The normalized spacial score (nSPS) is 15.2. The molecule has 1 aliphatic rings. The molecule has 0 aliphatic carbocycles. The van der Waals surface area contributed by atoms with Gasteiger partial charge >= 0.3 is 156 Å². The summed E-state index contributed by atoms with van der Waals surface area (Å²) in [7, 11) is 0.637. The van der Waals surface area contributed by atoms with Crippen LogP contribution in [0.25, 0.3) is 0 Å². The van der Waals surface area contributed by atoms with Crippen molar-refractivity contribution >= 4 is 24.9 Å². The number of likely N-dealkylation sites (tertiary alicyclic amines) is 1. The van der Waals surface area contributed by atoms with Gasteiger partial charge in [-0.05, 0) is 17.7 Å². The van der Waals surface area contributed by atoms with E-state index in [2.05, 4.69) is 49.7 Å². The van der Waals surface area contributed by atoms with E-state index in [1.807, 2.05) is 17.0 Å². The Kier molecular flexibility index (Phi) is 11.5. The molecule has 1 aliphatic heterocycles. The molecule has 204 valence electrons. The number of aliphatic imine (C=N–C) groups is 1. The second-order valence-corrected chi connectivity index (χ2v) is 10.9. The van der Waals surface area contributed by atoms with Gasteiger partial charge in [0.05, 0.1) is 0 Å². The second kappa shape index (κ2) is 14.8. The second-order valence-electron chi connectivity index (χ2n) is 10.9. The number of nitrogens with zero attached hydrogens (tertiary/aromatic N) is 3. The third kappa shape index (κ3) is 9.07. The molecule has 1 amide bonds. The molecule has 38 heavy (non-hydrogen) atoms. The first kappa shape index (κ1) is 29.5. The minimum atomic E-state index is -0.490. The van der Waals surface area contributed by atoms with Crippen LogP contribution in [0.2, 0.25) is 0 Å². The maximum absolute atomic E-state index is 13.2. The fraction of sp³-hybridized carbons (Fsp3) is 0.533. The topological polar surface area (TPSA) is 62.2 Å². The number of benzene rings is 2. The fourth-order valence-electron chi connectivity index (χ4n) is 4.82. The molecule has 2 aromatic rings. The first-order chi connectivity index (χ1) is 18.3. The zero-order valence-electron chi connectivity index (χ0n) is 23.2. The number of halogens is 1. The average Bonchev–Trinajstić information content (AvgIpc) is 2.91. The summed E-state index contributed by atoms with van der Waals surface area (Å²) in [5, 5.41) is 0. The Balaban J connectivity index is 1.63. The molecular formula is C30H41BFN3O3. The molecule has 0 N–H and O–H groups in total. The maximum atomic E-state index is 13.2. The van der Waals surface area contributed by atoms with Gasteiger partial charge in [-0.25, -0.2) is 4.39 Å². The number of piperidine rings is 1. The summed E-state index contributed by atoms with van der Waals surface area (Å²) in [5.41, 5.74) is 2.07. The average molecular weight is 521 g/mol. The Morgan fingerprint density at radius 3 is 2.32 bits per heavy atom. The van der Waals surface area contributed by atoms with Gasteiger partial charge in [0.25, 0.3) is 0 Å². The van der Waals surface area contributed by atoms with Crippen molar-refractivity contribution in [2.75, 3.05) is 24.5 Å². The van der Waals surface area contributed by atoms with Gasteiger partial charge in [-0.15, -0.1) is 0 Å². The molecule has 2 aromatic carbocycles. The summed E-state index contributed by atoms with van der Waals surface area (Å²) in [6.07, 6.45) is 4.70. The van der Waals surface area contributed by atoms with E-state index in [0.717, 1.165) is 42.8 Å². The van der Waals surface area contributed by atoms with E-state index in [4.69, 9.17) is 4.74 Å². The number of carbonyl (C=O) groups excluding carboxylic acids is 1. The standard InChI is InChI=1S/C30H41BFN3O3/c1-22(2)13-18-35(26-9-11-28(12-10-26)38-20-24-5-7-25(32)8-6-24)27-14-16-34(17-15-27)30(36)29(19-23(3)4)33-21-31-37/h5-12,21-23,27,29H,13-20H2,1-4H3. The number of hydrogen-bond acceptors (Lipinski definition) is 5. The fourth-order valence-corrected chi connectivity index (χ4v) is 4.82. The van der Waals surface area contributed by atoms with Gasteiger partial charge in [0.1, 0.15) is 18.2 Å². The molecule has 1 unspecified atom stereocenters. The van der Waals surface area contributed by atoms with Crippen LogP contribution in [0.1, 0.15) is 58.9 Å². The van der Waals surface area contributed by atoms with E-state index in [-0.39, 0.29) is 11.7 Å². The predicted octanol–water partition coefficient (Wildman–Crippen LogP) is 5.74. The van der Waals surface area contributed by atoms with Gasteiger partial charge < -0.3 is 4.74 Å². The van der Waals surface area contributed by atoms with Crippen molar-refractivity contribution in [1.82, 2.24) is 4.90 Å². The molecule has 6 nitrogen and oxygen atoms in total. The van der Waals surface area contributed by atoms with Gasteiger partial charge in [-0.2, -0.15) is 0 Å². The number of anilines is 1. The van der Waals surface area contributed by atoms with Crippen molar-refractivity contribution in [3.63, 3.8) is 0 Å². The quantitative estimate of drug-likeness (QED) is 0.249. The summed E-state index contributed by atoms with van der Waals surface area (Å²) in [4.78, 5) is 21.8. The first-order valence-corrected chi connectivity index (χ1v) is 13.8. The molecule has 1 heterocycles. The zero-order valence-corrected chi connectivity index (χ0v) is 23.2. The first-order valence-electron chi connectivity index (χ1n) is 13.8. The molecule has 0 spiro atoms. The van der Waals surface area contributed by atoms with E-state index in [1.54, 1.807) is 12.1 Å². The third-order valence-corrected chi connectivity index (χ3v) is 6.96. The van der Waals surface area contributed by atoms with Gasteiger partial charge in [0.2, 0.25) is 0 Å². The number of rotatable bonds is 13. The van der Waals surface area contributed by atoms with Crippen molar-refractivity contribution in [3.05, 3.63) is 59.9 Å². The van der Waals surface area contributed by atoms with Gasteiger partial charge in [0, 0.05) is 0 Å².